The normalized spacial score (nSPS) is 17.1. The first-order valence-corrected chi connectivity index (χ1v) is 13.5. The van der Waals surface area contributed by atoms with Crippen LogP contribution in [0.1, 0.15) is 38.7 Å². The first kappa shape index (κ1) is 36.3. The molecule has 0 aromatic heterocycles. The third-order valence-electron chi connectivity index (χ3n) is 6.48. The summed E-state index contributed by atoms with van der Waals surface area (Å²) in [7, 11) is 0. The Bertz CT molecular complexity index is 1170. The molecule has 0 saturated carbocycles. The molecule has 2 heterocycles. The average Bonchev–Trinajstić information content (AvgIpc) is 3.28. The number of hydrogen-bond acceptors (Lipinski definition) is 4. The summed E-state index contributed by atoms with van der Waals surface area (Å²) in [6, 6.07) is 6.41. The van der Waals surface area contributed by atoms with E-state index >= 15 is 0 Å². The zero-order valence-electron chi connectivity index (χ0n) is 24.4. The van der Waals surface area contributed by atoms with Gasteiger partial charge >= 0.3 is 141 Å². The molecule has 2 aliphatic heterocycles. The number of amides is 2. The molecular formula is C30H38BF4N3O4. The third kappa shape index (κ3) is 13.8. The van der Waals surface area contributed by atoms with E-state index in [4.69, 9.17) is 9.90 Å². The first-order valence-electron chi connectivity index (χ1n) is 13.5. The van der Waals surface area contributed by atoms with Crippen LogP contribution < -0.4 is 10.6 Å². The van der Waals surface area contributed by atoms with Crippen molar-refractivity contribution in [2.45, 2.75) is 59.1 Å². The maximum absolute atomic E-state index is 12.1. The van der Waals surface area contributed by atoms with Crippen LogP contribution in [0.2, 0.25) is 6.82 Å². The summed E-state index contributed by atoms with van der Waals surface area (Å²) >= 11 is 0. The van der Waals surface area contributed by atoms with Crippen molar-refractivity contribution >= 4 is 30.7 Å². The summed E-state index contributed by atoms with van der Waals surface area (Å²) in [6.45, 7) is 13.1. The molecular weight excluding hydrogens is 553 g/mol. The van der Waals surface area contributed by atoms with Gasteiger partial charge in [0.15, 0.2) is 0 Å². The van der Waals surface area contributed by atoms with E-state index in [9.17, 15) is 27.2 Å². The van der Waals surface area contributed by atoms with Gasteiger partial charge in [0.05, 0.1) is 5.41 Å². The van der Waals surface area contributed by atoms with E-state index in [1.165, 1.54) is 12.1 Å². The summed E-state index contributed by atoms with van der Waals surface area (Å²) in [5.74, 6) is 4.51. The molecule has 1 atom stereocenters. The van der Waals surface area contributed by atoms with Crippen molar-refractivity contribution < 1.29 is 37.1 Å². The number of carboxylic acid groups (broad SMARTS) is 1. The third-order valence-corrected chi connectivity index (χ3v) is 6.48. The minimum absolute atomic E-state index is 0.0166. The van der Waals surface area contributed by atoms with Gasteiger partial charge in [0.1, 0.15) is 5.82 Å². The number of aryl methyl sites for hydroxylation is 1. The first-order chi connectivity index (χ1) is 19.7. The van der Waals surface area contributed by atoms with Gasteiger partial charge < -0.3 is 10.4 Å². The Balaban J connectivity index is 0.000000477. The Kier molecular flexibility index (Phi) is 15.5. The molecule has 2 saturated heterocycles. The molecule has 0 bridgehead atoms. The van der Waals surface area contributed by atoms with E-state index in [0.717, 1.165) is 56.6 Å². The summed E-state index contributed by atoms with van der Waals surface area (Å²) in [4.78, 5) is 35.4. The molecule has 3 rings (SSSR count). The molecule has 0 aliphatic carbocycles. The van der Waals surface area contributed by atoms with Crippen molar-refractivity contribution in [3.63, 3.8) is 0 Å². The molecule has 1 spiro atoms. The maximum atomic E-state index is 12.1. The second-order valence-electron chi connectivity index (χ2n) is 9.96. The summed E-state index contributed by atoms with van der Waals surface area (Å²) in [5.41, 5.74) is 1.75. The van der Waals surface area contributed by atoms with E-state index in [1.54, 1.807) is 12.1 Å². The molecule has 228 valence electrons. The molecule has 3 N–H and O–H groups in total. The number of rotatable bonds is 5. The van der Waals surface area contributed by atoms with Gasteiger partial charge in [-0.25, -0.2) is 9.18 Å². The Labute approximate surface area is 245 Å². The zero-order chi connectivity index (χ0) is 31.8. The molecule has 12 heteroatoms. The quantitative estimate of drug-likeness (QED) is 0.209. The van der Waals surface area contributed by atoms with E-state index in [-0.39, 0.29) is 29.1 Å². The van der Waals surface area contributed by atoms with E-state index in [2.05, 4.69) is 27.4 Å². The molecule has 1 unspecified atom stereocenters. The van der Waals surface area contributed by atoms with Gasteiger partial charge in [0, 0.05) is 6.54 Å². The number of alkyl halides is 3. The van der Waals surface area contributed by atoms with Crippen LogP contribution in [0, 0.1) is 30.0 Å². The summed E-state index contributed by atoms with van der Waals surface area (Å²) in [5, 5.41) is 13.0. The number of nitrogens with one attached hydrogen (secondary N) is 2. The van der Waals surface area contributed by atoms with Crippen molar-refractivity contribution in [3.05, 3.63) is 59.4 Å². The van der Waals surface area contributed by atoms with Gasteiger partial charge in [0.25, 0.3) is 0 Å². The standard InChI is InChI=1S/C21H30BN3O2.C7H7F.C2HF3O2/c1-4-5-18(8-12-22-3)6-7-19(26)24-17(2)16-25-14-10-21(11-15-25)9-13-23-20(21)27;1-6-2-4-7(8)5-3-6;3-2(4,5)1(6)7/h4-5,8,12,17H,9-11,13-16H2,1-3H3,(H,23,27)(H,24,26);2-5H,1H3;(H,6,7)/b5-4-,18-8+;;. The number of carbonyl (C=O) groups excluding carboxylic acids is 2. The molecule has 1 aromatic carbocycles. The predicted octanol–water partition coefficient (Wildman–Crippen LogP) is 3.92. The molecule has 2 amide bonds. The number of halogens is 4. The Morgan fingerprint density at radius 3 is 2.24 bits per heavy atom. The molecule has 7 nitrogen and oxygen atoms in total. The van der Waals surface area contributed by atoms with Crippen LogP contribution in [-0.4, -0.2) is 79.1 Å². The fraction of sp³-hybridized carbons (Fsp3) is 0.467. The monoisotopic (exact) mass is 591 g/mol. The number of hydrogen-bond donors (Lipinski definition) is 3. The predicted molar refractivity (Wildman–Crippen MR) is 157 cm³/mol. The fourth-order valence-corrected chi connectivity index (χ4v) is 4.23. The number of likely N-dealkylation sites (tertiary alicyclic amines) is 1. The molecule has 2 fully saturated rings. The van der Waals surface area contributed by atoms with Crippen molar-refractivity contribution in [2.24, 2.45) is 5.41 Å². The fourth-order valence-electron chi connectivity index (χ4n) is 4.23. The smallest absolute Gasteiger partial charge is 0.475 e. The topological polar surface area (TPSA) is 98.7 Å². The van der Waals surface area contributed by atoms with Gasteiger partial charge in [0.2, 0.25) is 5.91 Å². The largest absolute Gasteiger partial charge is 0.490 e. The number of nitrogens with zero attached hydrogens (tertiary/aromatic N) is 1. The van der Waals surface area contributed by atoms with Gasteiger partial charge in [-0.15, -0.1) is 0 Å². The van der Waals surface area contributed by atoms with Crippen LogP contribution in [0.15, 0.2) is 48.1 Å². The van der Waals surface area contributed by atoms with Crippen molar-refractivity contribution in [3.8, 4) is 11.8 Å². The van der Waals surface area contributed by atoms with Gasteiger partial charge in [-0.2, -0.15) is 13.2 Å². The van der Waals surface area contributed by atoms with Crippen molar-refractivity contribution in [2.75, 3.05) is 26.2 Å². The van der Waals surface area contributed by atoms with E-state index in [0.29, 0.717) is 0 Å². The van der Waals surface area contributed by atoms with Gasteiger partial charge in [-0.1, -0.05) is 17.7 Å². The Morgan fingerprint density at radius 2 is 1.79 bits per heavy atom. The zero-order valence-corrected chi connectivity index (χ0v) is 24.4. The van der Waals surface area contributed by atoms with Crippen LogP contribution in [-0.2, 0) is 14.4 Å². The van der Waals surface area contributed by atoms with E-state index < -0.39 is 12.1 Å². The van der Waals surface area contributed by atoms with Crippen LogP contribution in [0.3, 0.4) is 0 Å². The average molecular weight is 591 g/mol. The van der Waals surface area contributed by atoms with Crippen LogP contribution in [0.5, 0.6) is 0 Å². The van der Waals surface area contributed by atoms with Crippen molar-refractivity contribution in [1.29, 1.82) is 0 Å². The SMILES string of the molecule is CB=C/C=C(C#CC(=O)NC(C)CN1CCC2(CCNC2=O)CC1)\C=C/C.Cc1ccc(F)cc1.O=C(O)C(F)(F)F. The maximum Gasteiger partial charge on any atom is 0.490 e. The number of carboxylic acids is 1. The summed E-state index contributed by atoms with van der Waals surface area (Å²) in [6.07, 6.45) is 3.34. The number of piperidine rings is 1. The minimum atomic E-state index is -5.08. The van der Waals surface area contributed by atoms with Gasteiger partial charge in [-0.3, -0.25) is 4.79 Å². The van der Waals surface area contributed by atoms with Crippen LogP contribution >= 0.6 is 0 Å². The number of aliphatic carboxylic acids is 1. The number of carbonyl (C=O) groups is 3. The Hall–Kier alpha value is -3.72. The molecule has 2 aliphatic rings. The second-order valence-corrected chi connectivity index (χ2v) is 9.96. The number of allylic oxidation sites excluding steroid dienone is 4. The van der Waals surface area contributed by atoms with Crippen LogP contribution in [0.25, 0.3) is 0 Å². The molecule has 42 heavy (non-hydrogen) atoms. The molecule has 0 radical (unpaired) electrons. The number of benzene rings is 1. The second kappa shape index (κ2) is 18.0. The summed E-state index contributed by atoms with van der Waals surface area (Å²) < 4.78 is 43.8. The van der Waals surface area contributed by atoms with Crippen LogP contribution in [0.4, 0.5) is 17.6 Å². The van der Waals surface area contributed by atoms with Crippen molar-refractivity contribution in [1.82, 2.24) is 15.5 Å². The van der Waals surface area contributed by atoms with E-state index in [1.807, 2.05) is 58.7 Å². The molecule has 1 aromatic rings. The Morgan fingerprint density at radius 1 is 1.19 bits per heavy atom. The minimum Gasteiger partial charge on any atom is -0.475 e. The van der Waals surface area contributed by atoms with Gasteiger partial charge in [-0.05, 0) is 25.5 Å².